The molecule has 0 aliphatic rings. The predicted octanol–water partition coefficient (Wildman–Crippen LogP) is 1.31. The molecule has 0 aliphatic carbocycles. The fourth-order valence-electron chi connectivity index (χ4n) is 1.42. The Labute approximate surface area is 98.2 Å². The van der Waals surface area contributed by atoms with Crippen molar-refractivity contribution >= 4 is 11.8 Å². The van der Waals surface area contributed by atoms with Crippen molar-refractivity contribution in [3.63, 3.8) is 0 Å². The molecule has 1 atom stereocenters. The summed E-state index contributed by atoms with van der Waals surface area (Å²) in [6.07, 6.45) is 0.461. The first-order valence-corrected chi connectivity index (χ1v) is 5.95. The van der Waals surface area contributed by atoms with Crippen LogP contribution in [0.25, 0.3) is 0 Å². The Morgan fingerprint density at radius 1 is 1.12 bits per heavy atom. The second kappa shape index (κ2) is 7.25. The second-order valence-corrected chi connectivity index (χ2v) is 4.78. The van der Waals surface area contributed by atoms with Gasteiger partial charge < -0.3 is 10.6 Å². The largest absolute Gasteiger partial charge is 0.355 e. The Balaban J connectivity index is 4.34. The number of likely N-dealkylation sites (N-methyl/N-ethyl adjacent to an activating group) is 1. The lowest BCUT2D eigenvalue weighted by molar-refractivity contribution is -0.130. The molecule has 2 amide bonds. The van der Waals surface area contributed by atoms with Crippen LogP contribution in [0.5, 0.6) is 0 Å². The number of nitrogens with one attached hydrogen (secondary N) is 2. The molecule has 0 aliphatic heterocycles. The van der Waals surface area contributed by atoms with Gasteiger partial charge in [-0.25, -0.2) is 0 Å². The summed E-state index contributed by atoms with van der Waals surface area (Å²) >= 11 is 0. The summed E-state index contributed by atoms with van der Waals surface area (Å²) < 4.78 is 0. The van der Waals surface area contributed by atoms with Gasteiger partial charge in [-0.2, -0.15) is 0 Å². The summed E-state index contributed by atoms with van der Waals surface area (Å²) in [5.74, 6) is 0.249. The Morgan fingerprint density at radius 3 is 2.06 bits per heavy atom. The molecule has 0 heterocycles. The van der Waals surface area contributed by atoms with E-state index in [2.05, 4.69) is 10.6 Å². The molecule has 0 fully saturated rings. The van der Waals surface area contributed by atoms with Crippen LogP contribution in [0.4, 0.5) is 0 Å². The lowest BCUT2D eigenvalue weighted by atomic mass is 10.0. The van der Waals surface area contributed by atoms with E-state index in [-0.39, 0.29) is 17.7 Å². The molecule has 4 nitrogen and oxygen atoms in total. The normalized spacial score (nSPS) is 12.7. The monoisotopic (exact) mass is 228 g/mol. The third-order valence-electron chi connectivity index (χ3n) is 2.21. The number of hydrogen-bond donors (Lipinski definition) is 2. The number of rotatable bonds is 6. The molecule has 2 N–H and O–H groups in total. The van der Waals surface area contributed by atoms with Gasteiger partial charge in [0, 0.05) is 13.0 Å². The van der Waals surface area contributed by atoms with Crippen molar-refractivity contribution in [3.05, 3.63) is 0 Å². The van der Waals surface area contributed by atoms with E-state index in [0.29, 0.717) is 18.9 Å². The lowest BCUT2D eigenvalue weighted by Crippen LogP contribution is -2.49. The summed E-state index contributed by atoms with van der Waals surface area (Å²) in [5.41, 5.74) is 0. The molecule has 0 spiro atoms. The van der Waals surface area contributed by atoms with Gasteiger partial charge in [0.1, 0.15) is 6.04 Å². The lowest BCUT2D eigenvalue weighted by Gasteiger charge is -2.21. The van der Waals surface area contributed by atoms with Crippen molar-refractivity contribution in [2.75, 3.05) is 6.54 Å². The number of carbonyl (C=O) groups is 2. The number of hydrogen-bond acceptors (Lipinski definition) is 2. The van der Waals surface area contributed by atoms with Gasteiger partial charge in [0.15, 0.2) is 0 Å². The van der Waals surface area contributed by atoms with E-state index in [1.54, 1.807) is 0 Å². The highest BCUT2D eigenvalue weighted by Crippen LogP contribution is 2.04. The van der Waals surface area contributed by atoms with Crippen molar-refractivity contribution in [1.29, 1.82) is 0 Å². The molecule has 0 radical (unpaired) electrons. The molecule has 4 heteroatoms. The van der Waals surface area contributed by atoms with Crippen molar-refractivity contribution in [2.24, 2.45) is 11.8 Å². The smallest absolute Gasteiger partial charge is 0.242 e. The minimum atomic E-state index is -0.425. The second-order valence-electron chi connectivity index (χ2n) is 4.78. The summed E-state index contributed by atoms with van der Waals surface area (Å²) in [6.45, 7) is 10.3. The van der Waals surface area contributed by atoms with Gasteiger partial charge in [0.05, 0.1) is 0 Å². The zero-order valence-electron chi connectivity index (χ0n) is 11.0. The third-order valence-corrected chi connectivity index (χ3v) is 2.21. The quantitative estimate of drug-likeness (QED) is 0.720. The van der Waals surface area contributed by atoms with Gasteiger partial charge in [0.2, 0.25) is 11.8 Å². The standard InChI is InChI=1S/C12H24N2O2/c1-6-13-12(16)11(9(4)5)14-10(15)7-8(2)3/h8-9,11H,6-7H2,1-5H3,(H,13,16)(H,14,15). The fraction of sp³-hybridized carbons (Fsp3) is 0.833. The van der Waals surface area contributed by atoms with Gasteiger partial charge in [-0.15, -0.1) is 0 Å². The van der Waals surface area contributed by atoms with Crippen LogP contribution in [0, 0.1) is 11.8 Å². The first-order valence-electron chi connectivity index (χ1n) is 5.95. The van der Waals surface area contributed by atoms with Gasteiger partial charge in [-0.1, -0.05) is 27.7 Å². The van der Waals surface area contributed by atoms with Crippen molar-refractivity contribution in [3.8, 4) is 0 Å². The van der Waals surface area contributed by atoms with Gasteiger partial charge in [0.25, 0.3) is 0 Å². The highest BCUT2D eigenvalue weighted by atomic mass is 16.2. The molecule has 0 saturated heterocycles. The van der Waals surface area contributed by atoms with E-state index >= 15 is 0 Å². The highest BCUT2D eigenvalue weighted by molar-refractivity contribution is 5.87. The molecule has 1 unspecified atom stereocenters. The third kappa shape index (κ3) is 5.73. The van der Waals surface area contributed by atoms with Crippen LogP contribution in [0.3, 0.4) is 0 Å². The van der Waals surface area contributed by atoms with E-state index in [1.165, 1.54) is 0 Å². The zero-order valence-corrected chi connectivity index (χ0v) is 11.0. The highest BCUT2D eigenvalue weighted by Gasteiger charge is 2.23. The van der Waals surface area contributed by atoms with Crippen molar-refractivity contribution in [1.82, 2.24) is 10.6 Å². The van der Waals surface area contributed by atoms with Gasteiger partial charge in [-0.05, 0) is 18.8 Å². The molecule has 0 bridgehead atoms. The predicted molar refractivity (Wildman–Crippen MR) is 64.9 cm³/mol. The molecule has 0 rings (SSSR count). The molecule has 0 aromatic heterocycles. The molecule has 0 aromatic rings. The molecule has 0 aromatic carbocycles. The van der Waals surface area contributed by atoms with E-state index in [9.17, 15) is 9.59 Å². The SMILES string of the molecule is CCNC(=O)C(NC(=O)CC(C)C)C(C)C. The Kier molecular flexibility index (Phi) is 6.77. The molecular weight excluding hydrogens is 204 g/mol. The van der Waals surface area contributed by atoms with Crippen LogP contribution in [-0.2, 0) is 9.59 Å². The van der Waals surface area contributed by atoms with Crippen LogP contribution in [0.15, 0.2) is 0 Å². The van der Waals surface area contributed by atoms with Gasteiger partial charge >= 0.3 is 0 Å². The molecule has 16 heavy (non-hydrogen) atoms. The van der Waals surface area contributed by atoms with Crippen molar-refractivity contribution in [2.45, 2.75) is 47.1 Å². The van der Waals surface area contributed by atoms with Crippen molar-refractivity contribution < 1.29 is 9.59 Å². The summed E-state index contributed by atoms with van der Waals surface area (Å²) in [4.78, 5) is 23.3. The Morgan fingerprint density at radius 2 is 1.69 bits per heavy atom. The number of amides is 2. The first-order chi connectivity index (χ1) is 7.38. The first kappa shape index (κ1) is 14.9. The van der Waals surface area contributed by atoms with Crippen LogP contribution in [0.1, 0.15) is 41.0 Å². The maximum Gasteiger partial charge on any atom is 0.242 e. The van der Waals surface area contributed by atoms with E-state index in [1.807, 2.05) is 34.6 Å². The average molecular weight is 228 g/mol. The van der Waals surface area contributed by atoms with Crippen LogP contribution in [0.2, 0.25) is 0 Å². The van der Waals surface area contributed by atoms with E-state index in [0.717, 1.165) is 0 Å². The molecule has 0 saturated carbocycles. The zero-order chi connectivity index (χ0) is 12.7. The van der Waals surface area contributed by atoms with E-state index in [4.69, 9.17) is 0 Å². The maximum absolute atomic E-state index is 11.7. The van der Waals surface area contributed by atoms with Gasteiger partial charge in [-0.3, -0.25) is 9.59 Å². The average Bonchev–Trinajstić information content (AvgIpc) is 2.12. The minimum Gasteiger partial charge on any atom is -0.355 e. The maximum atomic E-state index is 11.7. The van der Waals surface area contributed by atoms with Crippen LogP contribution < -0.4 is 10.6 Å². The van der Waals surface area contributed by atoms with Crippen LogP contribution in [-0.4, -0.2) is 24.4 Å². The summed E-state index contributed by atoms with van der Waals surface area (Å²) in [5, 5.41) is 5.51. The Bertz CT molecular complexity index is 237. The summed E-state index contributed by atoms with van der Waals surface area (Å²) in [6, 6.07) is -0.425. The Hall–Kier alpha value is -1.06. The topological polar surface area (TPSA) is 58.2 Å². The van der Waals surface area contributed by atoms with Crippen LogP contribution >= 0.6 is 0 Å². The van der Waals surface area contributed by atoms with E-state index < -0.39 is 6.04 Å². The minimum absolute atomic E-state index is 0.0556. The molecular formula is C12H24N2O2. The number of carbonyl (C=O) groups excluding carboxylic acids is 2. The molecule has 94 valence electrons. The fourth-order valence-corrected chi connectivity index (χ4v) is 1.42. The summed E-state index contributed by atoms with van der Waals surface area (Å²) in [7, 11) is 0.